The fourth-order valence-corrected chi connectivity index (χ4v) is 2.55. The van der Waals surface area contributed by atoms with Gasteiger partial charge < -0.3 is 10.1 Å². The molecular weight excluding hydrogens is 257 g/mol. The van der Waals surface area contributed by atoms with Gasteiger partial charge in [-0.05, 0) is 13.0 Å². The van der Waals surface area contributed by atoms with Crippen LogP contribution < -0.4 is 5.32 Å². The molecule has 0 aliphatic carbocycles. The van der Waals surface area contributed by atoms with Crippen LogP contribution >= 0.6 is 34.5 Å². The van der Waals surface area contributed by atoms with E-state index in [0.29, 0.717) is 20.8 Å². The van der Waals surface area contributed by atoms with E-state index in [1.165, 1.54) is 11.3 Å². The Morgan fingerprint density at radius 2 is 2.33 bits per heavy atom. The van der Waals surface area contributed by atoms with E-state index in [9.17, 15) is 4.79 Å². The van der Waals surface area contributed by atoms with Crippen LogP contribution in [-0.4, -0.2) is 25.7 Å². The Hall–Kier alpha value is -0.290. The summed E-state index contributed by atoms with van der Waals surface area (Å²) >= 11 is 12.8. The fourth-order valence-electron chi connectivity index (χ4n) is 1.09. The molecule has 1 rings (SSSR count). The highest BCUT2D eigenvalue weighted by molar-refractivity contribution is 7.20. The van der Waals surface area contributed by atoms with Gasteiger partial charge in [0.05, 0.1) is 16.5 Å². The third-order valence-electron chi connectivity index (χ3n) is 1.70. The van der Waals surface area contributed by atoms with Crippen LogP contribution in [0.1, 0.15) is 17.3 Å². The predicted molar refractivity (Wildman–Crippen MR) is 63.1 cm³/mol. The van der Waals surface area contributed by atoms with Crippen molar-refractivity contribution in [3.05, 3.63) is 20.3 Å². The first-order valence-corrected chi connectivity index (χ1v) is 5.86. The van der Waals surface area contributed by atoms with E-state index < -0.39 is 0 Å². The van der Waals surface area contributed by atoms with Crippen LogP contribution in [-0.2, 0) is 4.74 Å². The Labute approximate surface area is 102 Å². The van der Waals surface area contributed by atoms with Crippen molar-refractivity contribution in [1.82, 2.24) is 5.32 Å². The molecular formula is C9H11Cl2NO2S. The van der Waals surface area contributed by atoms with E-state index in [2.05, 4.69) is 5.32 Å². The van der Waals surface area contributed by atoms with E-state index in [4.69, 9.17) is 27.9 Å². The molecule has 15 heavy (non-hydrogen) atoms. The van der Waals surface area contributed by atoms with E-state index in [-0.39, 0.29) is 11.9 Å². The Morgan fingerprint density at radius 1 is 1.67 bits per heavy atom. The smallest absolute Gasteiger partial charge is 0.254 e. The number of hydrogen-bond acceptors (Lipinski definition) is 3. The molecule has 0 spiro atoms. The zero-order valence-electron chi connectivity index (χ0n) is 8.34. The standard InChI is InChI=1S/C9H11Cl2NO2S/c1-5(4-14-2)12-9(13)6-3-7(10)15-8(6)11/h3,5H,4H2,1-2H3,(H,12,13). The van der Waals surface area contributed by atoms with Gasteiger partial charge in [-0.25, -0.2) is 0 Å². The van der Waals surface area contributed by atoms with Crippen molar-refractivity contribution in [3.63, 3.8) is 0 Å². The summed E-state index contributed by atoms with van der Waals surface area (Å²) < 4.78 is 5.81. The van der Waals surface area contributed by atoms with Gasteiger partial charge in [-0.3, -0.25) is 4.79 Å². The minimum atomic E-state index is -0.229. The van der Waals surface area contributed by atoms with Gasteiger partial charge in [-0.2, -0.15) is 0 Å². The Balaban J connectivity index is 2.65. The molecule has 0 bridgehead atoms. The number of thiophene rings is 1. The van der Waals surface area contributed by atoms with Crippen molar-refractivity contribution in [1.29, 1.82) is 0 Å². The quantitative estimate of drug-likeness (QED) is 0.911. The molecule has 0 aliphatic heterocycles. The van der Waals surface area contributed by atoms with Gasteiger partial charge in [0, 0.05) is 13.2 Å². The maximum absolute atomic E-state index is 11.7. The van der Waals surface area contributed by atoms with E-state index in [1.54, 1.807) is 13.2 Å². The molecule has 1 heterocycles. The van der Waals surface area contributed by atoms with E-state index in [0.717, 1.165) is 0 Å². The van der Waals surface area contributed by atoms with E-state index >= 15 is 0 Å². The van der Waals surface area contributed by atoms with Gasteiger partial charge in [0.2, 0.25) is 0 Å². The lowest BCUT2D eigenvalue weighted by molar-refractivity contribution is 0.0906. The number of carbonyl (C=O) groups is 1. The minimum absolute atomic E-state index is 0.0581. The molecule has 1 amide bonds. The van der Waals surface area contributed by atoms with Crippen molar-refractivity contribution >= 4 is 40.4 Å². The summed E-state index contributed by atoms with van der Waals surface area (Å²) in [6.45, 7) is 2.31. The van der Waals surface area contributed by atoms with Gasteiger partial charge >= 0.3 is 0 Å². The molecule has 1 unspecified atom stereocenters. The topological polar surface area (TPSA) is 38.3 Å². The van der Waals surface area contributed by atoms with Crippen LogP contribution in [0.3, 0.4) is 0 Å². The van der Waals surface area contributed by atoms with Gasteiger partial charge in [0.25, 0.3) is 5.91 Å². The molecule has 0 radical (unpaired) electrons. The second-order valence-electron chi connectivity index (χ2n) is 3.07. The summed E-state index contributed by atoms with van der Waals surface area (Å²) in [5.41, 5.74) is 0.412. The monoisotopic (exact) mass is 267 g/mol. The van der Waals surface area contributed by atoms with Crippen LogP contribution in [0.15, 0.2) is 6.07 Å². The number of nitrogens with one attached hydrogen (secondary N) is 1. The number of methoxy groups -OCH3 is 1. The molecule has 1 N–H and O–H groups in total. The molecule has 0 aromatic carbocycles. The number of hydrogen-bond donors (Lipinski definition) is 1. The van der Waals surface area contributed by atoms with Crippen molar-refractivity contribution in [3.8, 4) is 0 Å². The Bertz CT molecular complexity index is 354. The number of amides is 1. The lowest BCUT2D eigenvalue weighted by atomic mass is 10.3. The third kappa shape index (κ3) is 3.65. The molecule has 1 aromatic heterocycles. The minimum Gasteiger partial charge on any atom is -0.383 e. The number of halogens is 2. The summed E-state index contributed by atoms with van der Waals surface area (Å²) in [6.07, 6.45) is 0. The highest BCUT2D eigenvalue weighted by atomic mass is 35.5. The second-order valence-corrected chi connectivity index (χ2v) is 5.35. The highest BCUT2D eigenvalue weighted by Crippen LogP contribution is 2.30. The fraction of sp³-hybridized carbons (Fsp3) is 0.444. The van der Waals surface area contributed by atoms with E-state index in [1.807, 2.05) is 6.92 Å². The average molecular weight is 268 g/mol. The molecule has 0 saturated heterocycles. The zero-order valence-corrected chi connectivity index (χ0v) is 10.7. The van der Waals surface area contributed by atoms with Crippen LogP contribution in [0.5, 0.6) is 0 Å². The highest BCUT2D eigenvalue weighted by Gasteiger charge is 2.15. The number of carbonyl (C=O) groups excluding carboxylic acids is 1. The van der Waals surface area contributed by atoms with Crippen LogP contribution in [0.4, 0.5) is 0 Å². The predicted octanol–water partition coefficient (Wildman–Crippen LogP) is 2.82. The lowest BCUT2D eigenvalue weighted by Gasteiger charge is -2.11. The molecule has 84 valence electrons. The van der Waals surface area contributed by atoms with Gasteiger partial charge in [0.15, 0.2) is 0 Å². The van der Waals surface area contributed by atoms with Crippen molar-refractivity contribution in [2.24, 2.45) is 0 Å². The first-order valence-electron chi connectivity index (χ1n) is 4.29. The second kappa shape index (κ2) is 5.70. The largest absolute Gasteiger partial charge is 0.383 e. The maximum Gasteiger partial charge on any atom is 0.254 e. The zero-order chi connectivity index (χ0) is 11.4. The van der Waals surface area contributed by atoms with Gasteiger partial charge in [-0.15, -0.1) is 11.3 Å². The van der Waals surface area contributed by atoms with Gasteiger partial charge in [-0.1, -0.05) is 23.2 Å². The van der Waals surface area contributed by atoms with Crippen molar-refractivity contribution in [2.75, 3.05) is 13.7 Å². The summed E-state index contributed by atoms with van der Waals surface area (Å²) in [5, 5.41) is 2.75. The first-order chi connectivity index (χ1) is 7.04. The summed E-state index contributed by atoms with van der Waals surface area (Å²) in [6, 6.07) is 1.50. The molecule has 0 aliphatic rings. The number of rotatable bonds is 4. The molecule has 0 fully saturated rings. The lowest BCUT2D eigenvalue weighted by Crippen LogP contribution is -2.35. The summed E-state index contributed by atoms with van der Waals surface area (Å²) in [7, 11) is 1.58. The molecule has 1 aromatic rings. The van der Waals surface area contributed by atoms with Crippen molar-refractivity contribution in [2.45, 2.75) is 13.0 Å². The van der Waals surface area contributed by atoms with Crippen LogP contribution in [0.25, 0.3) is 0 Å². The SMILES string of the molecule is COCC(C)NC(=O)c1cc(Cl)sc1Cl. The molecule has 0 saturated carbocycles. The van der Waals surface area contributed by atoms with Crippen molar-refractivity contribution < 1.29 is 9.53 Å². The Kier molecular flexibility index (Phi) is 4.86. The summed E-state index contributed by atoms with van der Waals surface area (Å²) in [5.74, 6) is -0.229. The average Bonchev–Trinajstić information content (AvgIpc) is 2.45. The van der Waals surface area contributed by atoms with Crippen LogP contribution in [0.2, 0.25) is 8.67 Å². The summed E-state index contributed by atoms with van der Waals surface area (Å²) in [4.78, 5) is 11.7. The normalized spacial score (nSPS) is 12.5. The first kappa shape index (κ1) is 12.8. The molecule has 3 nitrogen and oxygen atoms in total. The van der Waals surface area contributed by atoms with Gasteiger partial charge in [0.1, 0.15) is 4.34 Å². The van der Waals surface area contributed by atoms with Crippen LogP contribution in [0, 0.1) is 0 Å². The third-order valence-corrected chi connectivity index (χ3v) is 3.18. The molecule has 6 heteroatoms. The maximum atomic E-state index is 11.7. The Morgan fingerprint density at radius 3 is 2.80 bits per heavy atom. The molecule has 1 atom stereocenters. The number of ether oxygens (including phenoxy) is 1.